The van der Waals surface area contributed by atoms with Crippen LogP contribution in [0.25, 0.3) is 0 Å². The highest BCUT2D eigenvalue weighted by molar-refractivity contribution is 5.66. The molecular formula is C22H32O3. The van der Waals surface area contributed by atoms with Crippen molar-refractivity contribution in [2.75, 3.05) is 0 Å². The number of aliphatic hydroxyl groups is 1. The summed E-state index contributed by atoms with van der Waals surface area (Å²) in [5, 5.41) is 11.0. The maximum Gasteiger partial charge on any atom is 0.303 e. The van der Waals surface area contributed by atoms with E-state index in [1.165, 1.54) is 18.9 Å². The molecule has 25 heavy (non-hydrogen) atoms. The lowest BCUT2D eigenvalue weighted by Gasteiger charge is -2.57. The van der Waals surface area contributed by atoms with Crippen LogP contribution in [0.2, 0.25) is 0 Å². The van der Waals surface area contributed by atoms with Gasteiger partial charge in [-0.05, 0) is 85.7 Å². The third kappa shape index (κ3) is 2.38. The van der Waals surface area contributed by atoms with E-state index < -0.39 is 5.60 Å². The fourth-order valence-electron chi connectivity index (χ4n) is 6.68. The molecule has 0 aromatic carbocycles. The lowest BCUT2D eigenvalue weighted by molar-refractivity contribution is -0.145. The standard InChI is InChI=1S/C22H32O3/c1-14(23)25-16-7-10-20(2)15(13-16)5-6-17-18(20)8-11-21(3)19(17)9-12-22(21,4)24/h5-6,13,16-19,24H,7-12H2,1-4H3/t16-,17+,18-,19-,20-,21-,22+/m0/s1. The highest BCUT2D eigenvalue weighted by atomic mass is 16.5. The van der Waals surface area contributed by atoms with Gasteiger partial charge in [0.2, 0.25) is 0 Å². The molecule has 0 aromatic heterocycles. The molecule has 4 aliphatic rings. The molecule has 3 nitrogen and oxygen atoms in total. The molecule has 0 unspecified atom stereocenters. The largest absolute Gasteiger partial charge is 0.458 e. The van der Waals surface area contributed by atoms with Crippen LogP contribution in [-0.4, -0.2) is 22.8 Å². The fourth-order valence-corrected chi connectivity index (χ4v) is 6.68. The minimum Gasteiger partial charge on any atom is -0.458 e. The predicted molar refractivity (Wildman–Crippen MR) is 97.8 cm³/mol. The summed E-state index contributed by atoms with van der Waals surface area (Å²) in [5.74, 6) is 1.61. The minimum atomic E-state index is -0.527. The number of hydrogen-bond acceptors (Lipinski definition) is 3. The maximum absolute atomic E-state index is 11.3. The molecule has 0 heterocycles. The monoisotopic (exact) mass is 344 g/mol. The van der Waals surface area contributed by atoms with Gasteiger partial charge in [0.15, 0.2) is 0 Å². The van der Waals surface area contributed by atoms with Gasteiger partial charge >= 0.3 is 5.97 Å². The van der Waals surface area contributed by atoms with Crippen molar-refractivity contribution in [3.8, 4) is 0 Å². The summed E-state index contributed by atoms with van der Waals surface area (Å²) in [5.41, 5.74) is 1.07. The summed E-state index contributed by atoms with van der Waals surface area (Å²) in [6, 6.07) is 0. The summed E-state index contributed by atoms with van der Waals surface area (Å²) in [4.78, 5) is 11.3. The lowest BCUT2D eigenvalue weighted by Crippen LogP contribution is -2.53. The van der Waals surface area contributed by atoms with Gasteiger partial charge in [0.1, 0.15) is 6.10 Å². The molecule has 1 N–H and O–H groups in total. The van der Waals surface area contributed by atoms with Crippen LogP contribution in [0.5, 0.6) is 0 Å². The summed E-state index contributed by atoms with van der Waals surface area (Å²) >= 11 is 0. The molecule has 2 saturated carbocycles. The topological polar surface area (TPSA) is 46.5 Å². The zero-order valence-corrected chi connectivity index (χ0v) is 16.0. The molecule has 0 saturated heterocycles. The molecule has 0 spiro atoms. The Morgan fingerprint density at radius 2 is 1.84 bits per heavy atom. The van der Waals surface area contributed by atoms with Crippen LogP contribution in [0.4, 0.5) is 0 Å². The van der Waals surface area contributed by atoms with Crippen molar-refractivity contribution in [3.05, 3.63) is 23.8 Å². The van der Waals surface area contributed by atoms with E-state index in [2.05, 4.69) is 39.0 Å². The van der Waals surface area contributed by atoms with Crippen LogP contribution in [-0.2, 0) is 9.53 Å². The highest BCUT2D eigenvalue weighted by Crippen LogP contribution is 2.66. The second-order valence-electron chi connectivity index (χ2n) is 9.64. The Morgan fingerprint density at radius 3 is 2.56 bits per heavy atom. The second-order valence-corrected chi connectivity index (χ2v) is 9.64. The molecule has 0 amide bonds. The van der Waals surface area contributed by atoms with Gasteiger partial charge < -0.3 is 9.84 Å². The first kappa shape index (κ1) is 17.3. The van der Waals surface area contributed by atoms with Crippen LogP contribution in [0.1, 0.15) is 66.2 Å². The molecule has 0 bridgehead atoms. The van der Waals surface area contributed by atoms with Crippen LogP contribution in [0.15, 0.2) is 23.8 Å². The number of allylic oxidation sites excluding steroid dienone is 3. The third-order valence-corrected chi connectivity index (χ3v) is 8.50. The highest BCUT2D eigenvalue weighted by Gasteiger charge is 2.61. The van der Waals surface area contributed by atoms with E-state index in [1.807, 2.05) is 0 Å². The quantitative estimate of drug-likeness (QED) is 0.717. The number of rotatable bonds is 1. The van der Waals surface area contributed by atoms with Gasteiger partial charge in [-0.15, -0.1) is 0 Å². The third-order valence-electron chi connectivity index (χ3n) is 8.50. The molecule has 138 valence electrons. The SMILES string of the molecule is CC(=O)O[C@@H]1C=C2C=C[C@@H]3[C@H](CC[C@@]4(C)[C@H]3CC[C@@]4(C)O)[C@@]2(C)CC1. The van der Waals surface area contributed by atoms with Crippen molar-refractivity contribution < 1.29 is 14.6 Å². The first-order chi connectivity index (χ1) is 11.7. The van der Waals surface area contributed by atoms with E-state index in [0.717, 1.165) is 32.1 Å². The van der Waals surface area contributed by atoms with E-state index in [1.54, 1.807) is 0 Å². The van der Waals surface area contributed by atoms with Crippen molar-refractivity contribution in [2.24, 2.45) is 28.6 Å². The zero-order chi connectivity index (χ0) is 18.0. The Kier molecular flexibility index (Phi) is 3.78. The molecule has 3 heteroatoms. The summed E-state index contributed by atoms with van der Waals surface area (Å²) in [7, 11) is 0. The lowest BCUT2D eigenvalue weighted by atomic mass is 9.48. The second kappa shape index (κ2) is 5.45. The number of carbonyl (C=O) groups is 1. The number of ether oxygens (including phenoxy) is 1. The van der Waals surface area contributed by atoms with Crippen molar-refractivity contribution in [1.82, 2.24) is 0 Å². The number of hydrogen-bond donors (Lipinski definition) is 1. The average Bonchev–Trinajstić information content (AvgIpc) is 2.77. The Labute approximate surface area is 151 Å². The molecule has 0 aliphatic heterocycles. The smallest absolute Gasteiger partial charge is 0.303 e. The molecule has 0 aromatic rings. The predicted octanol–water partition coefficient (Wildman–Crippen LogP) is 4.41. The van der Waals surface area contributed by atoms with Gasteiger partial charge in [0, 0.05) is 6.92 Å². The van der Waals surface area contributed by atoms with Crippen molar-refractivity contribution >= 4 is 5.97 Å². The van der Waals surface area contributed by atoms with Crippen molar-refractivity contribution in [2.45, 2.75) is 77.9 Å². The van der Waals surface area contributed by atoms with Gasteiger partial charge in [-0.25, -0.2) is 0 Å². The van der Waals surface area contributed by atoms with Crippen molar-refractivity contribution in [1.29, 1.82) is 0 Å². The van der Waals surface area contributed by atoms with E-state index in [0.29, 0.717) is 17.8 Å². The summed E-state index contributed by atoms with van der Waals surface area (Å²) in [6.07, 6.45) is 13.2. The first-order valence-corrected chi connectivity index (χ1v) is 9.97. The summed E-state index contributed by atoms with van der Waals surface area (Å²) < 4.78 is 5.45. The van der Waals surface area contributed by atoms with Crippen molar-refractivity contribution in [3.63, 3.8) is 0 Å². The van der Waals surface area contributed by atoms with Gasteiger partial charge in [-0.3, -0.25) is 4.79 Å². The normalized spacial score (nSPS) is 51.2. The Balaban J connectivity index is 1.66. The minimum absolute atomic E-state index is 0.0467. The van der Waals surface area contributed by atoms with E-state index in [9.17, 15) is 9.90 Å². The molecular weight excluding hydrogens is 312 g/mol. The number of fused-ring (bicyclic) bond motifs is 5. The molecule has 0 radical (unpaired) electrons. The molecule has 2 fully saturated rings. The van der Waals surface area contributed by atoms with Gasteiger partial charge in [0.05, 0.1) is 5.60 Å². The van der Waals surface area contributed by atoms with E-state index in [4.69, 9.17) is 4.74 Å². The zero-order valence-electron chi connectivity index (χ0n) is 16.0. The molecule has 4 aliphatic carbocycles. The van der Waals surface area contributed by atoms with E-state index in [-0.39, 0.29) is 22.9 Å². The fraction of sp³-hybridized carbons (Fsp3) is 0.773. The van der Waals surface area contributed by atoms with E-state index >= 15 is 0 Å². The van der Waals surface area contributed by atoms with Gasteiger partial charge in [-0.1, -0.05) is 26.0 Å². The van der Waals surface area contributed by atoms with Gasteiger partial charge in [0.25, 0.3) is 0 Å². The Hall–Kier alpha value is -1.09. The Morgan fingerprint density at radius 1 is 1.12 bits per heavy atom. The molecule has 7 atom stereocenters. The van der Waals surface area contributed by atoms with Crippen LogP contribution >= 0.6 is 0 Å². The number of carbonyl (C=O) groups excluding carboxylic acids is 1. The summed E-state index contributed by atoms with van der Waals surface area (Å²) in [6.45, 7) is 8.28. The number of esters is 1. The maximum atomic E-state index is 11.3. The molecule has 4 rings (SSSR count). The van der Waals surface area contributed by atoms with Crippen LogP contribution in [0.3, 0.4) is 0 Å². The van der Waals surface area contributed by atoms with Crippen LogP contribution in [0, 0.1) is 28.6 Å². The van der Waals surface area contributed by atoms with Crippen LogP contribution < -0.4 is 0 Å². The average molecular weight is 344 g/mol. The first-order valence-electron chi connectivity index (χ1n) is 9.97. The Bertz CT molecular complexity index is 646. The van der Waals surface area contributed by atoms with Gasteiger partial charge in [-0.2, -0.15) is 0 Å².